The molecule has 0 nitrogen and oxygen atoms in total. The maximum absolute atomic E-state index is 13.3. The van der Waals surface area contributed by atoms with Gasteiger partial charge in [-0.2, -0.15) is 79.0 Å². The molecule has 0 N–H and O–H groups in total. The van der Waals surface area contributed by atoms with Gasteiger partial charge in [0.1, 0.15) is 0 Å². The van der Waals surface area contributed by atoms with Crippen LogP contribution in [-0.2, 0) is 0 Å². The Morgan fingerprint density at radius 2 is 0.567 bits per heavy atom. The van der Waals surface area contributed by atoms with Crippen LogP contribution < -0.4 is 0 Å². The van der Waals surface area contributed by atoms with E-state index in [1.807, 2.05) is 0 Å². The Bertz CT molecular complexity index is 624. The van der Waals surface area contributed by atoms with Gasteiger partial charge in [-0.3, -0.25) is 0 Å². The fraction of sp³-hybridized carbons (Fsp3) is 1.00. The van der Waals surface area contributed by atoms with E-state index in [4.69, 9.17) is 0 Å². The molecule has 0 spiro atoms. The van der Waals surface area contributed by atoms with E-state index in [-0.39, 0.29) is 6.92 Å². The van der Waals surface area contributed by atoms with Crippen LogP contribution in [0.25, 0.3) is 0 Å². The molecule has 0 heterocycles. The van der Waals surface area contributed by atoms with Crippen molar-refractivity contribution in [1.29, 1.82) is 0 Å². The van der Waals surface area contributed by atoms with Gasteiger partial charge in [0.05, 0.1) is 0 Å². The Morgan fingerprint density at radius 1 is 0.367 bits per heavy atom. The van der Waals surface area contributed by atoms with Crippen LogP contribution in [0.5, 0.6) is 0 Å². The Balaban J connectivity index is 6.85. The van der Waals surface area contributed by atoms with Crippen molar-refractivity contribution in [3.05, 3.63) is 0 Å². The summed E-state index contributed by atoms with van der Waals surface area (Å²) in [5.74, 6) is -70.4. The molecule has 0 aliphatic heterocycles. The minimum atomic E-state index is -8.69. The molecule has 0 aliphatic carbocycles. The normalized spacial score (nSPS) is 16.8. The zero-order valence-corrected chi connectivity index (χ0v) is 14.0. The lowest BCUT2D eigenvalue weighted by molar-refractivity contribution is -0.461. The van der Waals surface area contributed by atoms with E-state index in [0.29, 0.717) is 0 Å². The van der Waals surface area contributed by atoms with Gasteiger partial charge in [0, 0.05) is 13.3 Å². The van der Waals surface area contributed by atoms with E-state index in [0.717, 1.165) is 0 Å². The van der Waals surface area contributed by atoms with Gasteiger partial charge in [0.2, 0.25) is 0 Å². The van der Waals surface area contributed by atoms with E-state index >= 15 is 0 Å². The minimum Gasteiger partial charge on any atom is -0.200 e. The van der Waals surface area contributed by atoms with E-state index in [1.165, 1.54) is 0 Å². The second-order valence-corrected chi connectivity index (χ2v) is 5.97. The molecule has 0 aromatic rings. The third-order valence-electron chi connectivity index (χ3n) is 3.82. The highest BCUT2D eigenvalue weighted by Crippen LogP contribution is 2.65. The number of alkyl halides is 18. The highest BCUT2D eigenvalue weighted by atomic mass is 19.4. The second kappa shape index (κ2) is 6.87. The lowest BCUT2D eigenvalue weighted by Gasteiger charge is -2.44. The number of hydrogen-bond donors (Lipinski definition) is 0. The molecule has 0 aromatic heterocycles. The molecule has 0 bridgehead atoms. The first-order valence-corrected chi connectivity index (χ1v) is 6.96. The molecule has 0 fully saturated rings. The van der Waals surface area contributed by atoms with E-state index in [9.17, 15) is 79.0 Å². The third kappa shape index (κ3) is 3.26. The van der Waals surface area contributed by atoms with Crippen molar-refractivity contribution < 1.29 is 79.0 Å². The van der Waals surface area contributed by atoms with Crippen molar-refractivity contribution in [2.24, 2.45) is 0 Å². The first kappa shape index (κ1) is 28.7. The summed E-state index contributed by atoms with van der Waals surface area (Å²) in [6, 6.07) is 0. The summed E-state index contributed by atoms with van der Waals surface area (Å²) < 4.78 is 235. The molecule has 0 saturated heterocycles. The summed E-state index contributed by atoms with van der Waals surface area (Å²) in [5, 5.41) is 0. The Morgan fingerprint density at radius 3 is 0.767 bits per heavy atom. The molecule has 0 aliphatic rings. The number of rotatable bonds is 9. The minimum absolute atomic E-state index is 0.0904. The summed E-state index contributed by atoms with van der Waals surface area (Å²) in [5.41, 5.74) is 0. The summed E-state index contributed by atoms with van der Waals surface area (Å²) in [6.07, 6.45) is -2.50. The smallest absolute Gasteiger partial charge is 0.200 e. The molecule has 0 atom stereocenters. The van der Waals surface area contributed by atoms with Crippen LogP contribution in [0, 0.1) is 0 Å². The van der Waals surface area contributed by atoms with Crippen LogP contribution in [0.1, 0.15) is 20.3 Å². The zero-order chi connectivity index (χ0) is 25.2. The highest BCUT2D eigenvalue weighted by Gasteiger charge is 2.95. The molecule has 0 rings (SSSR count). The predicted octanol–water partition coefficient (Wildman–Crippen LogP) is 7.13. The van der Waals surface area contributed by atoms with Gasteiger partial charge in [-0.15, -0.1) is 0 Å². The maximum Gasteiger partial charge on any atom is 0.385 e. The lowest BCUT2D eigenvalue weighted by Crippen LogP contribution is -2.75. The molecular weight excluding hydrogens is 486 g/mol. The molecule has 0 aromatic carbocycles. The zero-order valence-electron chi connectivity index (χ0n) is 14.0. The van der Waals surface area contributed by atoms with Gasteiger partial charge in [-0.1, -0.05) is 6.92 Å². The number of halogens is 18. The molecule has 0 radical (unpaired) electrons. The molecular formula is C12H8F18. The van der Waals surface area contributed by atoms with Crippen LogP contribution in [0.3, 0.4) is 0 Å². The van der Waals surface area contributed by atoms with Crippen LogP contribution in [-0.4, -0.2) is 53.3 Å². The SMILES string of the molecule is CCC(F)(F)C(F)(F)C(F)(F)C(F)(F)C(F)(F)C(F)(F)C(F)(F)C(F)(F)C(C)(F)F. The van der Waals surface area contributed by atoms with E-state index in [2.05, 4.69) is 0 Å². The lowest BCUT2D eigenvalue weighted by atomic mass is 9.86. The molecule has 0 unspecified atom stereocenters. The topological polar surface area (TPSA) is 0 Å². The van der Waals surface area contributed by atoms with Crippen LogP contribution in [0.4, 0.5) is 79.0 Å². The van der Waals surface area contributed by atoms with E-state index in [1.54, 1.807) is 0 Å². The monoisotopic (exact) mass is 494 g/mol. The maximum atomic E-state index is 13.3. The molecule has 18 heteroatoms. The first-order chi connectivity index (χ1) is 12.6. The predicted molar refractivity (Wildman–Crippen MR) is 60.5 cm³/mol. The average Bonchev–Trinajstić information content (AvgIpc) is 2.52. The summed E-state index contributed by atoms with van der Waals surface area (Å²) in [4.78, 5) is 0. The van der Waals surface area contributed by atoms with Crippen molar-refractivity contribution in [2.45, 2.75) is 73.6 Å². The summed E-state index contributed by atoms with van der Waals surface area (Å²) >= 11 is 0. The van der Waals surface area contributed by atoms with Crippen molar-refractivity contribution in [3.8, 4) is 0 Å². The first-order valence-electron chi connectivity index (χ1n) is 6.96. The highest BCUT2D eigenvalue weighted by molar-refractivity contribution is 5.16. The van der Waals surface area contributed by atoms with Gasteiger partial charge in [0.25, 0.3) is 0 Å². The molecule has 182 valence electrons. The van der Waals surface area contributed by atoms with Gasteiger partial charge < -0.3 is 0 Å². The Kier molecular flexibility index (Phi) is 6.58. The van der Waals surface area contributed by atoms with Crippen molar-refractivity contribution in [3.63, 3.8) is 0 Å². The Hall–Kier alpha value is -1.26. The van der Waals surface area contributed by atoms with Crippen molar-refractivity contribution in [2.75, 3.05) is 0 Å². The van der Waals surface area contributed by atoms with Gasteiger partial charge in [-0.05, 0) is 0 Å². The largest absolute Gasteiger partial charge is 0.385 e. The van der Waals surface area contributed by atoms with Crippen molar-refractivity contribution >= 4 is 0 Å². The fourth-order valence-corrected chi connectivity index (χ4v) is 1.71. The second-order valence-electron chi connectivity index (χ2n) is 5.97. The fourth-order valence-electron chi connectivity index (χ4n) is 1.71. The average molecular weight is 494 g/mol. The summed E-state index contributed by atoms with van der Waals surface area (Å²) in [7, 11) is 0. The van der Waals surface area contributed by atoms with Gasteiger partial charge >= 0.3 is 53.3 Å². The molecule has 0 saturated carbocycles. The van der Waals surface area contributed by atoms with Crippen LogP contribution >= 0.6 is 0 Å². The van der Waals surface area contributed by atoms with E-state index < -0.39 is 66.6 Å². The van der Waals surface area contributed by atoms with Crippen molar-refractivity contribution in [1.82, 2.24) is 0 Å². The van der Waals surface area contributed by atoms with Gasteiger partial charge in [0.15, 0.2) is 0 Å². The van der Waals surface area contributed by atoms with Gasteiger partial charge in [-0.25, -0.2) is 0 Å². The summed E-state index contributed by atoms with van der Waals surface area (Å²) in [6.45, 7) is -1.37. The van der Waals surface area contributed by atoms with Crippen LogP contribution in [0.2, 0.25) is 0 Å². The number of hydrogen-bond acceptors (Lipinski definition) is 0. The Labute approximate surface area is 154 Å². The third-order valence-corrected chi connectivity index (χ3v) is 3.82. The standard InChI is InChI=1S/C12H8F18/c1-3-5(15,16)7(19,20)9(23,24)11(27,28)12(29,30)10(25,26)8(21,22)6(17,18)4(2,13)14/h3H2,1-2H3. The molecule has 30 heavy (non-hydrogen) atoms. The van der Waals surface area contributed by atoms with Crippen LogP contribution in [0.15, 0.2) is 0 Å². The quantitative estimate of drug-likeness (QED) is 0.299. The molecule has 0 amide bonds.